The number of hydrogen-bond acceptors (Lipinski definition) is 6. The van der Waals surface area contributed by atoms with Gasteiger partial charge in [0.15, 0.2) is 0 Å². The minimum absolute atomic E-state index is 0.201. The largest absolute Gasteiger partial charge is 0.480 e. The SMILES string of the molecule is CCOC(=O)[C@H](CC(C)C)N[C@@H](Cc1csc(-c2ccccc2)n1)C(=O)O. The Balaban J connectivity index is 2.11. The van der Waals surface area contributed by atoms with Gasteiger partial charge in [-0.15, -0.1) is 11.3 Å². The summed E-state index contributed by atoms with van der Waals surface area (Å²) in [5.41, 5.74) is 1.68. The molecule has 2 atom stereocenters. The molecule has 6 nitrogen and oxygen atoms in total. The molecular weight excluding hydrogens is 364 g/mol. The quantitative estimate of drug-likeness (QED) is 0.605. The Morgan fingerprint density at radius 3 is 2.52 bits per heavy atom. The van der Waals surface area contributed by atoms with Crippen LogP contribution in [0.3, 0.4) is 0 Å². The number of hydrogen-bond donors (Lipinski definition) is 2. The Bertz CT molecular complexity index is 745. The Kier molecular flexibility index (Phi) is 7.94. The molecule has 0 unspecified atom stereocenters. The Hall–Kier alpha value is -2.25. The molecule has 2 N–H and O–H groups in total. The van der Waals surface area contributed by atoms with Crippen molar-refractivity contribution in [2.45, 2.75) is 45.7 Å². The number of benzene rings is 1. The zero-order valence-corrected chi connectivity index (χ0v) is 16.7. The van der Waals surface area contributed by atoms with Crippen LogP contribution in [0.5, 0.6) is 0 Å². The maximum Gasteiger partial charge on any atom is 0.323 e. The van der Waals surface area contributed by atoms with Crippen LogP contribution in [0.4, 0.5) is 0 Å². The fourth-order valence-electron chi connectivity index (χ4n) is 2.73. The lowest BCUT2D eigenvalue weighted by molar-refractivity contribution is -0.147. The van der Waals surface area contributed by atoms with Gasteiger partial charge in [0, 0.05) is 17.4 Å². The monoisotopic (exact) mass is 390 g/mol. The van der Waals surface area contributed by atoms with Crippen LogP contribution in [0.15, 0.2) is 35.7 Å². The summed E-state index contributed by atoms with van der Waals surface area (Å²) in [5.74, 6) is -1.20. The number of nitrogens with zero attached hydrogens (tertiary/aromatic N) is 1. The molecule has 0 fully saturated rings. The second-order valence-electron chi connectivity index (χ2n) is 6.71. The molecule has 0 spiro atoms. The van der Waals surface area contributed by atoms with Gasteiger partial charge in [-0.3, -0.25) is 14.9 Å². The molecule has 146 valence electrons. The van der Waals surface area contributed by atoms with Crippen molar-refractivity contribution in [2.75, 3.05) is 6.61 Å². The van der Waals surface area contributed by atoms with E-state index in [9.17, 15) is 14.7 Å². The normalized spacial score (nSPS) is 13.3. The van der Waals surface area contributed by atoms with E-state index in [0.29, 0.717) is 12.1 Å². The first-order valence-electron chi connectivity index (χ1n) is 9.06. The number of carbonyl (C=O) groups is 2. The lowest BCUT2D eigenvalue weighted by atomic mass is 10.0. The highest BCUT2D eigenvalue weighted by Crippen LogP contribution is 2.24. The predicted molar refractivity (Wildman–Crippen MR) is 106 cm³/mol. The van der Waals surface area contributed by atoms with E-state index in [1.54, 1.807) is 6.92 Å². The van der Waals surface area contributed by atoms with Crippen molar-refractivity contribution in [1.29, 1.82) is 0 Å². The molecule has 0 saturated heterocycles. The Morgan fingerprint density at radius 2 is 1.93 bits per heavy atom. The maximum atomic E-state index is 12.2. The average molecular weight is 391 g/mol. The van der Waals surface area contributed by atoms with Gasteiger partial charge in [0.25, 0.3) is 0 Å². The predicted octanol–water partition coefficient (Wildman–Crippen LogP) is 3.37. The molecule has 0 aliphatic heterocycles. The first-order chi connectivity index (χ1) is 12.9. The van der Waals surface area contributed by atoms with Crippen LogP contribution in [0.25, 0.3) is 10.6 Å². The molecule has 1 heterocycles. The van der Waals surface area contributed by atoms with Crippen LogP contribution in [-0.2, 0) is 20.7 Å². The fraction of sp³-hybridized carbons (Fsp3) is 0.450. The van der Waals surface area contributed by atoms with Gasteiger partial charge in [-0.1, -0.05) is 44.2 Å². The van der Waals surface area contributed by atoms with Crippen molar-refractivity contribution < 1.29 is 19.4 Å². The van der Waals surface area contributed by atoms with Crippen molar-refractivity contribution in [1.82, 2.24) is 10.3 Å². The Labute approximate surface area is 163 Å². The standard InChI is InChI=1S/C20H26N2O4S/c1-4-26-20(25)17(10-13(2)3)22-16(19(23)24)11-15-12-27-18(21-15)14-8-6-5-7-9-14/h5-9,12-13,16-17,22H,4,10-11H2,1-3H3,(H,23,24)/t16-,17-/m0/s1. The number of carboxylic acids is 1. The molecule has 0 bridgehead atoms. The molecule has 0 amide bonds. The van der Waals surface area contributed by atoms with Crippen LogP contribution in [0.1, 0.15) is 32.9 Å². The number of aliphatic carboxylic acids is 1. The van der Waals surface area contributed by atoms with Gasteiger partial charge in [0.1, 0.15) is 17.1 Å². The highest BCUT2D eigenvalue weighted by atomic mass is 32.1. The van der Waals surface area contributed by atoms with E-state index in [0.717, 1.165) is 10.6 Å². The third kappa shape index (κ3) is 6.45. The summed E-state index contributed by atoms with van der Waals surface area (Å²) < 4.78 is 5.09. The zero-order valence-electron chi connectivity index (χ0n) is 15.8. The van der Waals surface area contributed by atoms with Gasteiger partial charge < -0.3 is 9.84 Å². The summed E-state index contributed by atoms with van der Waals surface area (Å²) in [4.78, 5) is 28.5. The first kappa shape index (κ1) is 21.1. The van der Waals surface area contributed by atoms with Crippen LogP contribution in [-0.4, -0.2) is 40.7 Å². The highest BCUT2D eigenvalue weighted by Gasteiger charge is 2.28. The minimum atomic E-state index is -1.01. The highest BCUT2D eigenvalue weighted by molar-refractivity contribution is 7.13. The molecule has 1 aromatic heterocycles. The zero-order chi connectivity index (χ0) is 19.8. The van der Waals surface area contributed by atoms with Gasteiger partial charge >= 0.3 is 11.9 Å². The number of rotatable bonds is 10. The summed E-state index contributed by atoms with van der Waals surface area (Å²) in [6.07, 6.45) is 0.710. The van der Waals surface area contributed by atoms with Crippen molar-refractivity contribution in [2.24, 2.45) is 5.92 Å². The number of carbonyl (C=O) groups excluding carboxylic acids is 1. The third-order valence-electron chi connectivity index (χ3n) is 3.96. The number of nitrogens with one attached hydrogen (secondary N) is 1. The van der Waals surface area contributed by atoms with Gasteiger partial charge in [0.2, 0.25) is 0 Å². The van der Waals surface area contributed by atoms with Crippen LogP contribution in [0.2, 0.25) is 0 Å². The molecule has 7 heteroatoms. The maximum absolute atomic E-state index is 12.2. The van der Waals surface area contributed by atoms with Crippen LogP contribution < -0.4 is 5.32 Å². The van der Waals surface area contributed by atoms with Crippen molar-refractivity contribution in [3.63, 3.8) is 0 Å². The van der Waals surface area contributed by atoms with Gasteiger partial charge in [0.05, 0.1) is 12.3 Å². The number of carboxylic acid groups (broad SMARTS) is 1. The van der Waals surface area contributed by atoms with E-state index < -0.39 is 24.0 Å². The molecule has 1 aromatic carbocycles. The van der Waals surface area contributed by atoms with Crippen LogP contribution in [0, 0.1) is 5.92 Å². The van der Waals surface area contributed by atoms with Crippen LogP contribution >= 0.6 is 11.3 Å². The Morgan fingerprint density at radius 1 is 1.22 bits per heavy atom. The lowest BCUT2D eigenvalue weighted by Gasteiger charge is -2.23. The molecule has 0 saturated carbocycles. The summed E-state index contributed by atoms with van der Waals surface area (Å²) in [7, 11) is 0. The number of esters is 1. The minimum Gasteiger partial charge on any atom is -0.480 e. The van der Waals surface area contributed by atoms with Crippen molar-refractivity contribution in [3.05, 3.63) is 41.4 Å². The van der Waals surface area contributed by atoms with Crippen molar-refractivity contribution in [3.8, 4) is 10.6 Å². The van der Waals surface area contributed by atoms with Gasteiger partial charge in [-0.25, -0.2) is 4.98 Å². The summed E-state index contributed by atoms with van der Waals surface area (Å²) >= 11 is 1.48. The van der Waals surface area contributed by atoms with E-state index in [1.807, 2.05) is 49.6 Å². The molecular formula is C20H26N2O4S. The second kappa shape index (κ2) is 10.2. The lowest BCUT2D eigenvalue weighted by Crippen LogP contribution is -2.49. The van der Waals surface area contributed by atoms with E-state index >= 15 is 0 Å². The number of ether oxygens (including phenoxy) is 1. The molecule has 2 aromatic rings. The van der Waals surface area contributed by atoms with Gasteiger partial charge in [-0.2, -0.15) is 0 Å². The number of aromatic nitrogens is 1. The first-order valence-corrected chi connectivity index (χ1v) is 9.94. The van der Waals surface area contributed by atoms with E-state index in [2.05, 4.69) is 10.3 Å². The molecule has 27 heavy (non-hydrogen) atoms. The summed E-state index contributed by atoms with van der Waals surface area (Å²) in [6, 6.07) is 8.18. The van der Waals surface area contributed by atoms with Gasteiger partial charge in [-0.05, 0) is 19.3 Å². The summed E-state index contributed by atoms with van der Waals surface area (Å²) in [6.45, 7) is 5.96. The number of thiazole rings is 1. The molecule has 2 rings (SSSR count). The van der Waals surface area contributed by atoms with E-state index in [4.69, 9.17) is 4.74 Å². The van der Waals surface area contributed by atoms with E-state index in [-0.39, 0.29) is 18.9 Å². The topological polar surface area (TPSA) is 88.5 Å². The molecule has 0 aliphatic rings. The molecule has 0 radical (unpaired) electrons. The van der Waals surface area contributed by atoms with E-state index in [1.165, 1.54) is 11.3 Å². The smallest absolute Gasteiger partial charge is 0.323 e. The molecule has 0 aliphatic carbocycles. The fourth-order valence-corrected chi connectivity index (χ4v) is 3.57. The average Bonchev–Trinajstić information content (AvgIpc) is 3.09. The second-order valence-corrected chi connectivity index (χ2v) is 7.56. The third-order valence-corrected chi connectivity index (χ3v) is 4.90. The van der Waals surface area contributed by atoms with Crippen molar-refractivity contribution >= 4 is 23.3 Å². The summed E-state index contributed by atoms with van der Waals surface area (Å²) in [5, 5.41) is 15.3.